The molecule has 0 aromatic heterocycles. The van der Waals surface area contributed by atoms with Crippen molar-refractivity contribution in [1.29, 1.82) is 0 Å². The minimum absolute atomic E-state index is 0.00277. The molecule has 2 nitrogen and oxygen atoms in total. The first kappa shape index (κ1) is 16.0. The third kappa shape index (κ3) is 14.0. The Morgan fingerprint density at radius 3 is 2.19 bits per heavy atom. The Hall–Kier alpha value is 0.01000. The van der Waals surface area contributed by atoms with Crippen LogP contribution in [0.25, 0.3) is 0 Å². The molecular formula is C13H26O2S. The first-order chi connectivity index (χ1) is 7.56. The predicted molar refractivity (Wildman–Crippen MR) is 73.3 cm³/mol. The Morgan fingerprint density at radius 2 is 1.56 bits per heavy atom. The topological polar surface area (TPSA) is 18.5 Å². The summed E-state index contributed by atoms with van der Waals surface area (Å²) in [6, 6.07) is 0. The molecule has 0 fully saturated rings. The van der Waals surface area contributed by atoms with Gasteiger partial charge in [0.1, 0.15) is 0 Å². The van der Waals surface area contributed by atoms with E-state index >= 15 is 0 Å². The van der Waals surface area contributed by atoms with Gasteiger partial charge in [-0.15, -0.1) is 0 Å². The van der Waals surface area contributed by atoms with Gasteiger partial charge in [-0.25, -0.2) is 0 Å². The fourth-order valence-electron chi connectivity index (χ4n) is 1.23. The van der Waals surface area contributed by atoms with Crippen molar-refractivity contribution in [2.45, 2.75) is 58.5 Å². The Balaban J connectivity index is 3.01. The van der Waals surface area contributed by atoms with Gasteiger partial charge in [-0.05, 0) is 58.2 Å². The van der Waals surface area contributed by atoms with Gasteiger partial charge in [0, 0.05) is 19.8 Å². The van der Waals surface area contributed by atoms with Crippen molar-refractivity contribution in [3.63, 3.8) is 0 Å². The van der Waals surface area contributed by atoms with Crippen LogP contribution in [0.15, 0.2) is 0 Å². The van der Waals surface area contributed by atoms with Crippen molar-refractivity contribution in [2.24, 2.45) is 0 Å². The van der Waals surface area contributed by atoms with E-state index in [1.54, 1.807) is 5.37 Å². The van der Waals surface area contributed by atoms with Crippen molar-refractivity contribution in [1.82, 2.24) is 0 Å². The quantitative estimate of drug-likeness (QED) is 0.432. The minimum atomic E-state index is -0.00277. The fraction of sp³-hybridized carbons (Fsp3) is 0.923. The fourth-order valence-corrected chi connectivity index (χ4v) is 1.40. The summed E-state index contributed by atoms with van der Waals surface area (Å²) >= 11 is 4.74. The van der Waals surface area contributed by atoms with Gasteiger partial charge in [-0.2, -0.15) is 0 Å². The molecule has 0 spiro atoms. The number of hydrogen-bond acceptors (Lipinski definition) is 3. The summed E-state index contributed by atoms with van der Waals surface area (Å²) in [4.78, 5) is 0. The molecule has 0 aliphatic heterocycles. The van der Waals surface area contributed by atoms with Crippen molar-refractivity contribution in [3.05, 3.63) is 0 Å². The Kier molecular flexibility index (Phi) is 10.2. The normalized spacial score (nSPS) is 11.7. The number of unbranched alkanes of at least 4 members (excludes halogenated alkanes) is 3. The molecule has 0 aliphatic carbocycles. The lowest BCUT2D eigenvalue weighted by atomic mass is 10.2. The van der Waals surface area contributed by atoms with Crippen molar-refractivity contribution in [3.8, 4) is 0 Å². The monoisotopic (exact) mass is 246 g/mol. The van der Waals surface area contributed by atoms with E-state index in [9.17, 15) is 0 Å². The molecular weight excluding hydrogens is 220 g/mol. The summed E-state index contributed by atoms with van der Waals surface area (Å²) < 4.78 is 11.1. The summed E-state index contributed by atoms with van der Waals surface area (Å²) in [6.07, 6.45) is 5.47. The minimum Gasteiger partial charge on any atom is -0.381 e. The van der Waals surface area contributed by atoms with E-state index in [0.717, 1.165) is 45.5 Å². The van der Waals surface area contributed by atoms with E-state index in [2.05, 4.69) is 20.8 Å². The van der Waals surface area contributed by atoms with Gasteiger partial charge in [0.2, 0.25) is 0 Å². The van der Waals surface area contributed by atoms with E-state index < -0.39 is 0 Å². The maximum absolute atomic E-state index is 5.63. The lowest BCUT2D eigenvalue weighted by Gasteiger charge is -2.19. The average molecular weight is 246 g/mol. The standard InChI is InChI=1S/C13H26O2S/c1-13(2,3)15-11-6-4-5-9-14-10-7-8-12-16/h12H,4-11H2,1-3H3. The Labute approximate surface area is 106 Å². The van der Waals surface area contributed by atoms with Gasteiger partial charge in [-0.3, -0.25) is 0 Å². The molecule has 0 unspecified atom stereocenters. The lowest BCUT2D eigenvalue weighted by molar-refractivity contribution is -0.00535. The molecule has 0 radical (unpaired) electrons. The Morgan fingerprint density at radius 1 is 0.938 bits per heavy atom. The second-order valence-electron chi connectivity index (χ2n) is 4.94. The van der Waals surface area contributed by atoms with Gasteiger partial charge in [0.05, 0.1) is 5.60 Å². The molecule has 0 saturated carbocycles. The molecule has 0 heterocycles. The Bertz CT molecular complexity index is 164. The van der Waals surface area contributed by atoms with Gasteiger partial charge >= 0.3 is 0 Å². The van der Waals surface area contributed by atoms with Crippen LogP contribution >= 0.6 is 12.2 Å². The zero-order chi connectivity index (χ0) is 12.3. The maximum atomic E-state index is 5.63. The van der Waals surface area contributed by atoms with Crippen LogP contribution in [0.4, 0.5) is 0 Å². The second-order valence-corrected chi connectivity index (χ2v) is 5.28. The molecule has 96 valence electrons. The van der Waals surface area contributed by atoms with Crippen molar-refractivity contribution < 1.29 is 9.47 Å². The third-order valence-corrected chi connectivity index (χ3v) is 2.31. The zero-order valence-electron chi connectivity index (χ0n) is 11.0. The predicted octanol–water partition coefficient (Wildman–Crippen LogP) is 3.77. The summed E-state index contributed by atoms with van der Waals surface area (Å²) in [5.74, 6) is 0. The number of hydrogen-bond donors (Lipinski definition) is 0. The second kappa shape index (κ2) is 10.2. The van der Waals surface area contributed by atoms with Gasteiger partial charge in [0.15, 0.2) is 0 Å². The molecule has 0 aromatic carbocycles. The van der Waals surface area contributed by atoms with Crippen LogP contribution in [0.2, 0.25) is 0 Å². The highest BCUT2D eigenvalue weighted by molar-refractivity contribution is 7.78. The lowest BCUT2D eigenvalue weighted by Crippen LogP contribution is -2.19. The summed E-state index contributed by atoms with van der Waals surface area (Å²) in [6.45, 7) is 8.83. The highest BCUT2D eigenvalue weighted by atomic mass is 32.1. The SMILES string of the molecule is CC(C)(C)OCCCCCOCCCC=S. The molecule has 0 aromatic rings. The molecule has 0 atom stereocenters. The van der Waals surface area contributed by atoms with E-state index in [0.29, 0.717) is 0 Å². The van der Waals surface area contributed by atoms with Gasteiger partial charge in [-0.1, -0.05) is 12.2 Å². The summed E-state index contributed by atoms with van der Waals surface area (Å²) in [5.41, 5.74) is -0.00277. The summed E-state index contributed by atoms with van der Waals surface area (Å²) in [5, 5.41) is 1.77. The maximum Gasteiger partial charge on any atom is 0.0598 e. The molecule has 0 rings (SSSR count). The van der Waals surface area contributed by atoms with Gasteiger partial charge in [0.25, 0.3) is 0 Å². The molecule has 0 saturated heterocycles. The first-order valence-electron chi connectivity index (χ1n) is 6.21. The van der Waals surface area contributed by atoms with Gasteiger partial charge < -0.3 is 9.47 Å². The van der Waals surface area contributed by atoms with Crippen LogP contribution in [-0.2, 0) is 9.47 Å². The van der Waals surface area contributed by atoms with E-state index in [-0.39, 0.29) is 5.60 Å². The first-order valence-corrected chi connectivity index (χ1v) is 6.69. The van der Waals surface area contributed by atoms with Crippen LogP contribution in [0.5, 0.6) is 0 Å². The molecule has 0 aliphatic rings. The van der Waals surface area contributed by atoms with E-state index in [4.69, 9.17) is 21.7 Å². The van der Waals surface area contributed by atoms with E-state index in [1.807, 2.05) is 0 Å². The largest absolute Gasteiger partial charge is 0.381 e. The summed E-state index contributed by atoms with van der Waals surface area (Å²) in [7, 11) is 0. The molecule has 0 N–H and O–H groups in total. The van der Waals surface area contributed by atoms with Crippen molar-refractivity contribution >= 4 is 17.6 Å². The van der Waals surface area contributed by atoms with Crippen LogP contribution in [0, 0.1) is 0 Å². The number of thiocarbonyl (C=S) groups is 1. The smallest absolute Gasteiger partial charge is 0.0598 e. The number of rotatable bonds is 10. The highest BCUT2D eigenvalue weighted by Crippen LogP contribution is 2.08. The third-order valence-electron chi connectivity index (χ3n) is 2.08. The average Bonchev–Trinajstić information content (AvgIpc) is 2.19. The van der Waals surface area contributed by atoms with Crippen LogP contribution in [-0.4, -0.2) is 30.8 Å². The molecule has 3 heteroatoms. The van der Waals surface area contributed by atoms with Crippen molar-refractivity contribution in [2.75, 3.05) is 19.8 Å². The number of ether oxygens (including phenoxy) is 2. The highest BCUT2D eigenvalue weighted by Gasteiger charge is 2.08. The van der Waals surface area contributed by atoms with Crippen LogP contribution in [0.1, 0.15) is 52.9 Å². The van der Waals surface area contributed by atoms with Crippen LogP contribution < -0.4 is 0 Å². The molecule has 16 heavy (non-hydrogen) atoms. The van der Waals surface area contributed by atoms with E-state index in [1.165, 1.54) is 6.42 Å². The molecule has 0 amide bonds. The van der Waals surface area contributed by atoms with Crippen LogP contribution in [0.3, 0.4) is 0 Å². The zero-order valence-corrected chi connectivity index (χ0v) is 11.8. The molecule has 0 bridgehead atoms.